The molecule has 3 rings (SSSR count). The number of hydrogen-bond acceptors (Lipinski definition) is 5. The zero-order valence-electron chi connectivity index (χ0n) is 14.1. The Morgan fingerprint density at radius 1 is 1.23 bits per heavy atom. The molecule has 0 aliphatic carbocycles. The summed E-state index contributed by atoms with van der Waals surface area (Å²) in [5.74, 6) is 0.744. The molecule has 8 heteroatoms. The van der Waals surface area contributed by atoms with Gasteiger partial charge in [0.1, 0.15) is 22.0 Å². The number of benzene rings is 2. The monoisotopic (exact) mass is 393 g/mol. The second-order valence-corrected chi connectivity index (χ2v) is 7.57. The summed E-state index contributed by atoms with van der Waals surface area (Å²) < 4.78 is 34.3. The van der Waals surface area contributed by atoms with E-state index in [1.165, 1.54) is 18.2 Å². The van der Waals surface area contributed by atoms with Crippen LogP contribution >= 0.6 is 11.6 Å². The van der Waals surface area contributed by atoms with E-state index < -0.39 is 10.0 Å². The summed E-state index contributed by atoms with van der Waals surface area (Å²) >= 11 is 5.89. The Morgan fingerprint density at radius 3 is 2.58 bits per heavy atom. The zero-order chi connectivity index (χ0) is 19.1. The van der Waals surface area contributed by atoms with E-state index in [1.807, 2.05) is 6.92 Å². The Bertz CT molecular complexity index is 1120. The fourth-order valence-electron chi connectivity index (χ4n) is 2.76. The van der Waals surface area contributed by atoms with Gasteiger partial charge in [0.2, 0.25) is 10.0 Å². The van der Waals surface area contributed by atoms with E-state index in [9.17, 15) is 13.2 Å². The van der Waals surface area contributed by atoms with Gasteiger partial charge in [-0.3, -0.25) is 4.79 Å². The summed E-state index contributed by atoms with van der Waals surface area (Å²) in [6.45, 7) is 1.86. The number of carbonyl (C=O) groups excluding carboxylic acids is 1. The number of methoxy groups -OCH3 is 1. The van der Waals surface area contributed by atoms with Crippen LogP contribution in [0, 0.1) is 0 Å². The predicted octanol–water partition coefficient (Wildman–Crippen LogP) is 3.54. The highest BCUT2D eigenvalue weighted by atomic mass is 35.5. The Labute approximate surface area is 155 Å². The van der Waals surface area contributed by atoms with Gasteiger partial charge in [-0.2, -0.15) is 0 Å². The average Bonchev–Trinajstić information content (AvgIpc) is 2.97. The number of aryl methyl sites for hydroxylation is 1. The van der Waals surface area contributed by atoms with E-state index in [1.54, 1.807) is 25.3 Å². The van der Waals surface area contributed by atoms with Crippen LogP contribution in [-0.4, -0.2) is 21.3 Å². The van der Waals surface area contributed by atoms with Crippen LogP contribution < -0.4 is 9.88 Å². The van der Waals surface area contributed by atoms with Crippen molar-refractivity contribution >= 4 is 38.4 Å². The molecule has 2 N–H and O–H groups in total. The number of hydrogen-bond donors (Lipinski definition) is 1. The van der Waals surface area contributed by atoms with Crippen LogP contribution in [0.25, 0.3) is 11.0 Å². The summed E-state index contributed by atoms with van der Waals surface area (Å²) in [5, 5.41) is 5.75. The lowest BCUT2D eigenvalue weighted by Crippen LogP contribution is -2.14. The summed E-state index contributed by atoms with van der Waals surface area (Å²) in [6.07, 6.45) is 0.494. The van der Waals surface area contributed by atoms with Gasteiger partial charge in [-0.1, -0.05) is 18.5 Å². The lowest BCUT2D eigenvalue weighted by molar-refractivity contribution is 0.103. The number of fused-ring (bicyclic) bond motifs is 1. The number of nitrogens with two attached hydrogens (primary N) is 1. The molecular formula is C18H16ClNO5S. The van der Waals surface area contributed by atoms with Gasteiger partial charge in [0.05, 0.1) is 17.7 Å². The first-order valence-electron chi connectivity index (χ1n) is 7.72. The number of rotatable bonds is 5. The van der Waals surface area contributed by atoms with Crippen LogP contribution in [0.15, 0.2) is 45.7 Å². The van der Waals surface area contributed by atoms with Gasteiger partial charge in [0.15, 0.2) is 5.78 Å². The van der Waals surface area contributed by atoms with Crippen molar-refractivity contribution in [2.75, 3.05) is 7.11 Å². The van der Waals surface area contributed by atoms with E-state index in [-0.39, 0.29) is 21.3 Å². The Morgan fingerprint density at radius 2 is 1.96 bits per heavy atom. The van der Waals surface area contributed by atoms with Crippen molar-refractivity contribution in [3.05, 3.63) is 58.3 Å². The van der Waals surface area contributed by atoms with Gasteiger partial charge in [-0.25, -0.2) is 13.6 Å². The van der Waals surface area contributed by atoms with Crippen molar-refractivity contribution in [3.8, 4) is 5.75 Å². The number of furan rings is 1. The molecule has 0 amide bonds. The topological polar surface area (TPSA) is 99.6 Å². The van der Waals surface area contributed by atoms with Gasteiger partial charge in [0.25, 0.3) is 0 Å². The lowest BCUT2D eigenvalue weighted by Gasteiger charge is -2.06. The smallest absolute Gasteiger partial charge is 0.239 e. The fraction of sp³-hybridized carbons (Fsp3) is 0.167. The van der Waals surface area contributed by atoms with E-state index in [4.69, 9.17) is 25.9 Å². The quantitative estimate of drug-likeness (QED) is 0.668. The molecule has 0 bridgehead atoms. The fourth-order valence-corrected chi connectivity index (χ4v) is 3.83. The molecule has 136 valence electrons. The average molecular weight is 394 g/mol. The molecule has 0 unspecified atom stereocenters. The molecule has 0 spiro atoms. The molecule has 0 saturated heterocycles. The summed E-state index contributed by atoms with van der Waals surface area (Å²) in [6, 6.07) is 9.14. The molecule has 0 saturated carbocycles. The predicted molar refractivity (Wildman–Crippen MR) is 98.4 cm³/mol. The minimum atomic E-state index is -4.05. The van der Waals surface area contributed by atoms with Crippen molar-refractivity contribution in [1.82, 2.24) is 0 Å². The molecule has 0 aliphatic heterocycles. The highest BCUT2D eigenvalue weighted by molar-refractivity contribution is 7.89. The second-order valence-electron chi connectivity index (χ2n) is 5.64. The Kier molecular flexibility index (Phi) is 4.79. The van der Waals surface area contributed by atoms with Gasteiger partial charge < -0.3 is 9.15 Å². The lowest BCUT2D eigenvalue weighted by atomic mass is 9.99. The Hall–Kier alpha value is -2.35. The van der Waals surface area contributed by atoms with Crippen LogP contribution in [0.5, 0.6) is 5.75 Å². The van der Waals surface area contributed by atoms with Crippen molar-refractivity contribution in [2.24, 2.45) is 5.14 Å². The number of carbonyl (C=O) groups is 1. The summed E-state index contributed by atoms with van der Waals surface area (Å²) in [4.78, 5) is 12.8. The van der Waals surface area contributed by atoms with E-state index in [0.29, 0.717) is 34.5 Å². The summed E-state index contributed by atoms with van der Waals surface area (Å²) in [5.41, 5.74) is 1.06. The van der Waals surface area contributed by atoms with Crippen LogP contribution in [0.2, 0.25) is 5.02 Å². The van der Waals surface area contributed by atoms with E-state index in [0.717, 1.165) is 0 Å². The largest absolute Gasteiger partial charge is 0.497 e. The summed E-state index contributed by atoms with van der Waals surface area (Å²) in [7, 11) is -2.51. The molecule has 0 fully saturated rings. The number of primary sulfonamides is 1. The van der Waals surface area contributed by atoms with Crippen LogP contribution in [0.3, 0.4) is 0 Å². The van der Waals surface area contributed by atoms with Gasteiger partial charge >= 0.3 is 0 Å². The molecule has 26 heavy (non-hydrogen) atoms. The molecular weight excluding hydrogens is 378 g/mol. The number of sulfonamides is 1. The number of ether oxygens (including phenoxy) is 1. The van der Waals surface area contributed by atoms with Crippen molar-refractivity contribution < 1.29 is 22.4 Å². The van der Waals surface area contributed by atoms with E-state index in [2.05, 4.69) is 0 Å². The zero-order valence-corrected chi connectivity index (χ0v) is 15.6. The third-order valence-corrected chi connectivity index (χ3v) is 5.41. The van der Waals surface area contributed by atoms with Gasteiger partial charge in [-0.05, 0) is 30.3 Å². The Balaban J connectivity index is 2.19. The molecule has 1 heterocycles. The third kappa shape index (κ3) is 3.21. The highest BCUT2D eigenvalue weighted by Crippen LogP contribution is 2.32. The maximum Gasteiger partial charge on any atom is 0.239 e. The third-order valence-electron chi connectivity index (χ3n) is 4.02. The van der Waals surface area contributed by atoms with Crippen molar-refractivity contribution in [1.29, 1.82) is 0 Å². The molecule has 1 aromatic heterocycles. The number of halogens is 1. The first-order valence-corrected chi connectivity index (χ1v) is 9.65. The first kappa shape index (κ1) is 18.4. The second kappa shape index (κ2) is 6.75. The SMILES string of the molecule is CCc1oc2cc(OC)ccc2c1C(=O)c1ccc(Cl)c(S(N)(=O)=O)c1. The van der Waals surface area contributed by atoms with Crippen molar-refractivity contribution in [3.63, 3.8) is 0 Å². The first-order chi connectivity index (χ1) is 12.3. The minimum absolute atomic E-state index is 0.0402. The van der Waals surface area contributed by atoms with Crippen LogP contribution in [-0.2, 0) is 16.4 Å². The minimum Gasteiger partial charge on any atom is -0.497 e. The maximum absolute atomic E-state index is 13.1. The van der Waals surface area contributed by atoms with Crippen molar-refractivity contribution in [2.45, 2.75) is 18.2 Å². The normalized spacial score (nSPS) is 11.7. The van der Waals surface area contributed by atoms with Gasteiger partial charge in [-0.15, -0.1) is 0 Å². The molecule has 0 atom stereocenters. The molecule has 0 radical (unpaired) electrons. The molecule has 2 aromatic carbocycles. The van der Waals surface area contributed by atoms with E-state index >= 15 is 0 Å². The molecule has 3 aromatic rings. The highest BCUT2D eigenvalue weighted by Gasteiger charge is 2.23. The number of ketones is 1. The molecule has 6 nitrogen and oxygen atoms in total. The standard InChI is InChI=1S/C18H16ClNO5S/c1-3-14-17(12-6-5-11(24-2)9-15(12)25-14)18(21)10-4-7-13(19)16(8-10)26(20,22)23/h4-9H,3H2,1-2H3,(H2,20,22,23). The van der Waals surface area contributed by atoms with Crippen LogP contribution in [0.4, 0.5) is 0 Å². The molecule has 0 aliphatic rings. The van der Waals surface area contributed by atoms with Crippen LogP contribution in [0.1, 0.15) is 28.6 Å². The maximum atomic E-state index is 13.1. The van der Waals surface area contributed by atoms with Gasteiger partial charge in [0, 0.05) is 23.4 Å².